The molecule has 0 saturated heterocycles. The molecular weight excluding hydrogens is 328 g/mol. The van der Waals surface area contributed by atoms with E-state index in [0.29, 0.717) is 12.1 Å². The van der Waals surface area contributed by atoms with E-state index in [1.165, 1.54) is 10.9 Å². The Morgan fingerprint density at radius 1 is 1.05 bits per heavy atom. The van der Waals surface area contributed by atoms with E-state index < -0.39 is 0 Å². The van der Waals surface area contributed by atoms with Crippen LogP contribution in [-0.4, -0.2) is 17.0 Å². The van der Waals surface area contributed by atoms with Crippen molar-refractivity contribution in [3.8, 4) is 0 Å². The number of rotatable bonds is 4. The van der Waals surface area contributed by atoms with Crippen LogP contribution in [0.25, 0.3) is 10.9 Å². The van der Waals surface area contributed by atoms with E-state index in [1.54, 1.807) is 0 Å². The summed E-state index contributed by atoms with van der Waals surface area (Å²) >= 11 is 3.36. The molecule has 106 valence electrons. The lowest BCUT2D eigenvalue weighted by Gasteiger charge is -2.08. The van der Waals surface area contributed by atoms with E-state index >= 15 is 0 Å². The van der Waals surface area contributed by atoms with Crippen LogP contribution in [-0.2, 0) is 6.54 Å². The van der Waals surface area contributed by atoms with Gasteiger partial charge in [0.05, 0.1) is 0 Å². The van der Waals surface area contributed by atoms with Crippen LogP contribution in [0.1, 0.15) is 10.4 Å². The quantitative estimate of drug-likeness (QED) is 0.767. The normalized spacial score (nSPS) is 10.7. The van der Waals surface area contributed by atoms with Crippen molar-refractivity contribution >= 4 is 32.7 Å². The standard InChI is InChI=1S/C17H15BrN2O/c18-15-7-5-14(6-8-15)17(21)19-10-12-20-11-9-13-3-1-2-4-16(13)20/h1-9,11H,10,12H2,(H,19,21). The molecule has 1 aromatic heterocycles. The predicted octanol–water partition coefficient (Wildman–Crippen LogP) is 3.83. The van der Waals surface area contributed by atoms with Crippen molar-refractivity contribution in [3.05, 3.63) is 70.8 Å². The fourth-order valence-corrected chi connectivity index (χ4v) is 2.59. The molecule has 3 rings (SSSR count). The van der Waals surface area contributed by atoms with E-state index in [9.17, 15) is 4.79 Å². The van der Waals surface area contributed by atoms with Crippen LogP contribution in [0, 0.1) is 0 Å². The van der Waals surface area contributed by atoms with Crippen molar-refractivity contribution < 1.29 is 4.79 Å². The molecule has 0 radical (unpaired) electrons. The van der Waals surface area contributed by atoms with Gasteiger partial charge in [0.25, 0.3) is 5.91 Å². The minimum absolute atomic E-state index is 0.0426. The van der Waals surface area contributed by atoms with Gasteiger partial charge < -0.3 is 9.88 Å². The lowest BCUT2D eigenvalue weighted by molar-refractivity contribution is 0.0952. The molecule has 1 amide bonds. The van der Waals surface area contributed by atoms with Crippen molar-refractivity contribution in [2.45, 2.75) is 6.54 Å². The summed E-state index contributed by atoms with van der Waals surface area (Å²) in [6.45, 7) is 1.36. The Kier molecular flexibility index (Phi) is 4.06. The van der Waals surface area contributed by atoms with Gasteiger partial charge in [-0.05, 0) is 41.8 Å². The van der Waals surface area contributed by atoms with Crippen LogP contribution in [0.2, 0.25) is 0 Å². The number of halogens is 1. The van der Waals surface area contributed by atoms with Crippen LogP contribution in [0.3, 0.4) is 0 Å². The Labute approximate surface area is 131 Å². The highest BCUT2D eigenvalue weighted by Crippen LogP contribution is 2.14. The molecule has 0 aliphatic rings. The second-order valence-electron chi connectivity index (χ2n) is 4.83. The third-order valence-electron chi connectivity index (χ3n) is 3.42. The number of nitrogens with one attached hydrogen (secondary N) is 1. The second kappa shape index (κ2) is 6.14. The zero-order chi connectivity index (χ0) is 14.7. The minimum atomic E-state index is -0.0426. The Morgan fingerprint density at radius 3 is 2.62 bits per heavy atom. The minimum Gasteiger partial charge on any atom is -0.350 e. The molecule has 2 aromatic carbocycles. The molecule has 21 heavy (non-hydrogen) atoms. The summed E-state index contributed by atoms with van der Waals surface area (Å²) in [6, 6.07) is 17.7. The Hall–Kier alpha value is -2.07. The summed E-state index contributed by atoms with van der Waals surface area (Å²) in [4.78, 5) is 12.0. The largest absolute Gasteiger partial charge is 0.350 e. The van der Waals surface area contributed by atoms with Crippen molar-refractivity contribution in [1.29, 1.82) is 0 Å². The van der Waals surface area contributed by atoms with E-state index in [1.807, 2.05) is 36.4 Å². The van der Waals surface area contributed by atoms with Gasteiger partial charge >= 0.3 is 0 Å². The first kappa shape index (κ1) is 13.9. The van der Waals surface area contributed by atoms with Crippen LogP contribution in [0.4, 0.5) is 0 Å². The SMILES string of the molecule is O=C(NCCn1ccc2ccccc21)c1ccc(Br)cc1. The first-order chi connectivity index (χ1) is 10.2. The number of aromatic nitrogens is 1. The third-order valence-corrected chi connectivity index (χ3v) is 3.95. The monoisotopic (exact) mass is 342 g/mol. The Bertz CT molecular complexity index is 762. The summed E-state index contributed by atoms with van der Waals surface area (Å²) in [5.41, 5.74) is 1.87. The number of nitrogens with zero attached hydrogens (tertiary/aromatic N) is 1. The van der Waals surface area contributed by atoms with E-state index in [0.717, 1.165) is 11.0 Å². The maximum Gasteiger partial charge on any atom is 0.251 e. The fraction of sp³-hybridized carbons (Fsp3) is 0.118. The number of para-hydroxylation sites is 1. The second-order valence-corrected chi connectivity index (χ2v) is 5.75. The molecule has 0 unspecified atom stereocenters. The van der Waals surface area contributed by atoms with E-state index in [4.69, 9.17) is 0 Å². The van der Waals surface area contributed by atoms with Crippen molar-refractivity contribution in [3.63, 3.8) is 0 Å². The molecule has 0 spiro atoms. The molecule has 1 heterocycles. The van der Waals surface area contributed by atoms with Crippen molar-refractivity contribution in [1.82, 2.24) is 9.88 Å². The van der Waals surface area contributed by atoms with Crippen molar-refractivity contribution in [2.75, 3.05) is 6.54 Å². The number of carbonyl (C=O) groups is 1. The van der Waals surface area contributed by atoms with Gasteiger partial charge in [0.2, 0.25) is 0 Å². The zero-order valence-corrected chi connectivity index (χ0v) is 13.0. The highest BCUT2D eigenvalue weighted by Gasteiger charge is 2.05. The topological polar surface area (TPSA) is 34.0 Å². The number of hydrogen-bond donors (Lipinski definition) is 1. The molecule has 3 aromatic rings. The summed E-state index contributed by atoms with van der Waals surface area (Å²) < 4.78 is 3.12. The van der Waals surface area contributed by atoms with E-state index in [-0.39, 0.29) is 5.91 Å². The number of benzene rings is 2. The maximum atomic E-state index is 12.0. The predicted molar refractivity (Wildman–Crippen MR) is 88.4 cm³/mol. The highest BCUT2D eigenvalue weighted by molar-refractivity contribution is 9.10. The molecule has 3 nitrogen and oxygen atoms in total. The molecule has 0 bridgehead atoms. The smallest absolute Gasteiger partial charge is 0.251 e. The molecule has 0 atom stereocenters. The molecule has 4 heteroatoms. The lowest BCUT2D eigenvalue weighted by atomic mass is 10.2. The molecule has 0 saturated carbocycles. The summed E-state index contributed by atoms with van der Waals surface area (Å²) in [5, 5.41) is 4.17. The van der Waals surface area contributed by atoms with Gasteiger partial charge in [-0.15, -0.1) is 0 Å². The van der Waals surface area contributed by atoms with Crippen LogP contribution in [0.15, 0.2) is 65.3 Å². The summed E-state index contributed by atoms with van der Waals surface area (Å²) in [6.07, 6.45) is 2.05. The number of carbonyl (C=O) groups excluding carboxylic acids is 1. The summed E-state index contributed by atoms with van der Waals surface area (Å²) in [5.74, 6) is -0.0426. The number of fused-ring (bicyclic) bond motifs is 1. The third kappa shape index (κ3) is 3.16. The van der Waals surface area contributed by atoms with Gasteiger partial charge in [0, 0.05) is 34.8 Å². The van der Waals surface area contributed by atoms with Gasteiger partial charge in [0.15, 0.2) is 0 Å². The summed E-state index contributed by atoms with van der Waals surface area (Å²) in [7, 11) is 0. The molecule has 0 fully saturated rings. The first-order valence-electron chi connectivity index (χ1n) is 6.82. The highest BCUT2D eigenvalue weighted by atomic mass is 79.9. The Morgan fingerprint density at radius 2 is 1.81 bits per heavy atom. The average molecular weight is 343 g/mol. The Balaban J connectivity index is 1.61. The molecular formula is C17H15BrN2O. The van der Waals surface area contributed by atoms with Crippen LogP contribution in [0.5, 0.6) is 0 Å². The molecule has 1 N–H and O–H groups in total. The van der Waals surface area contributed by atoms with Gasteiger partial charge in [-0.2, -0.15) is 0 Å². The first-order valence-corrected chi connectivity index (χ1v) is 7.61. The number of amides is 1. The maximum absolute atomic E-state index is 12.0. The van der Waals surface area contributed by atoms with Crippen molar-refractivity contribution in [2.24, 2.45) is 0 Å². The average Bonchev–Trinajstić information content (AvgIpc) is 2.91. The van der Waals surface area contributed by atoms with Gasteiger partial charge in [-0.3, -0.25) is 4.79 Å². The van der Waals surface area contributed by atoms with E-state index in [2.05, 4.69) is 50.2 Å². The number of hydrogen-bond acceptors (Lipinski definition) is 1. The van der Waals surface area contributed by atoms with Crippen LogP contribution >= 0.6 is 15.9 Å². The lowest BCUT2D eigenvalue weighted by Crippen LogP contribution is -2.27. The van der Waals surface area contributed by atoms with Gasteiger partial charge in [-0.25, -0.2) is 0 Å². The van der Waals surface area contributed by atoms with Gasteiger partial charge in [-0.1, -0.05) is 34.1 Å². The van der Waals surface area contributed by atoms with Crippen LogP contribution < -0.4 is 5.32 Å². The molecule has 0 aliphatic carbocycles. The fourth-order valence-electron chi connectivity index (χ4n) is 2.33. The molecule has 0 aliphatic heterocycles. The van der Waals surface area contributed by atoms with Gasteiger partial charge in [0.1, 0.15) is 0 Å². The zero-order valence-electron chi connectivity index (χ0n) is 11.4.